The fourth-order valence-corrected chi connectivity index (χ4v) is 4.11. The average molecular weight is 492 g/mol. The van der Waals surface area contributed by atoms with E-state index in [1.54, 1.807) is 29.2 Å². The largest absolute Gasteiger partial charge is 0.377 e. The number of hydrazine groups is 1. The van der Waals surface area contributed by atoms with E-state index in [0.717, 1.165) is 0 Å². The number of carbonyl (C=O) groups is 2. The molecule has 0 fully saturated rings. The maximum absolute atomic E-state index is 14.2. The summed E-state index contributed by atoms with van der Waals surface area (Å²) in [5, 5.41) is 15.0. The number of hydrogen-bond acceptors (Lipinski definition) is 6. The fraction of sp³-hybridized carbons (Fsp3) is 0.417. The van der Waals surface area contributed by atoms with Crippen LogP contribution < -0.4 is 16.5 Å². The second-order valence-corrected chi connectivity index (χ2v) is 9.18. The van der Waals surface area contributed by atoms with Crippen LogP contribution in [0.1, 0.15) is 37.9 Å². The van der Waals surface area contributed by atoms with Gasteiger partial charge in [0.15, 0.2) is 0 Å². The minimum absolute atomic E-state index is 0.00198. The highest BCUT2D eigenvalue weighted by Crippen LogP contribution is 2.34. The first-order chi connectivity index (χ1) is 16.1. The summed E-state index contributed by atoms with van der Waals surface area (Å²) in [6, 6.07) is 10.9. The lowest BCUT2D eigenvalue weighted by atomic mass is 10.0. The Kier molecular flexibility index (Phi) is 8.48. The molecular formula is C24H31ClFN5O3. The van der Waals surface area contributed by atoms with E-state index < -0.39 is 24.0 Å². The molecule has 2 amide bonds. The quantitative estimate of drug-likeness (QED) is 0.380. The number of nitrogens with zero attached hydrogens (tertiary/aromatic N) is 2. The lowest BCUT2D eigenvalue weighted by molar-refractivity contribution is -0.138. The third kappa shape index (κ3) is 5.85. The standard InChI is InChI=1S/C24H31ClFN5O3/c1-14(2)15(3)30(12-20(32)28-11-16-7-6-9-18(25)22(16)26)21(33)13-31-23(24(27)34)17-8-4-5-10-19(17)29-31/h4-10,14-15,20,23,28-29,32H,11-13H2,1-3H3,(H2,27,34). The molecule has 3 unspecified atom stereocenters. The zero-order valence-corrected chi connectivity index (χ0v) is 20.2. The van der Waals surface area contributed by atoms with Crippen molar-refractivity contribution in [1.29, 1.82) is 0 Å². The predicted octanol–water partition coefficient (Wildman–Crippen LogP) is 2.63. The Bertz CT molecular complexity index is 1040. The summed E-state index contributed by atoms with van der Waals surface area (Å²) in [5.74, 6) is -1.30. The van der Waals surface area contributed by atoms with Gasteiger partial charge in [-0.3, -0.25) is 14.9 Å². The maximum atomic E-state index is 14.2. The number of para-hydroxylation sites is 1. The number of aliphatic hydroxyl groups excluding tert-OH is 1. The maximum Gasteiger partial charge on any atom is 0.241 e. The van der Waals surface area contributed by atoms with Gasteiger partial charge in [-0.2, -0.15) is 5.01 Å². The van der Waals surface area contributed by atoms with Crippen molar-refractivity contribution < 1.29 is 19.1 Å². The number of halogens is 2. The predicted molar refractivity (Wildman–Crippen MR) is 129 cm³/mol. The molecule has 0 aromatic heterocycles. The highest BCUT2D eigenvalue weighted by Gasteiger charge is 2.37. The van der Waals surface area contributed by atoms with E-state index in [-0.39, 0.29) is 42.5 Å². The van der Waals surface area contributed by atoms with Crippen LogP contribution >= 0.6 is 11.6 Å². The second-order valence-electron chi connectivity index (χ2n) is 8.77. The number of fused-ring (bicyclic) bond motifs is 1. The van der Waals surface area contributed by atoms with Crippen LogP contribution in [0.15, 0.2) is 42.5 Å². The molecule has 184 valence electrons. The van der Waals surface area contributed by atoms with Crippen LogP contribution in [0.2, 0.25) is 5.02 Å². The molecule has 2 aromatic rings. The van der Waals surface area contributed by atoms with Crippen LogP contribution in [0.4, 0.5) is 10.1 Å². The first kappa shape index (κ1) is 25.9. The van der Waals surface area contributed by atoms with Crippen LogP contribution in [-0.4, -0.2) is 52.2 Å². The van der Waals surface area contributed by atoms with Gasteiger partial charge in [-0.25, -0.2) is 4.39 Å². The summed E-state index contributed by atoms with van der Waals surface area (Å²) in [5.41, 5.74) is 10.4. The molecule has 1 aliphatic rings. The number of carbonyl (C=O) groups excluding carboxylic acids is 2. The number of benzene rings is 2. The lowest BCUT2D eigenvalue weighted by Gasteiger charge is -2.35. The summed E-state index contributed by atoms with van der Waals surface area (Å²) >= 11 is 5.82. The Morgan fingerprint density at radius 3 is 2.62 bits per heavy atom. The molecular weight excluding hydrogens is 461 g/mol. The normalized spacial score (nSPS) is 17.2. The Morgan fingerprint density at radius 2 is 1.94 bits per heavy atom. The molecule has 0 spiro atoms. The van der Waals surface area contributed by atoms with Crippen molar-refractivity contribution in [2.75, 3.05) is 18.5 Å². The van der Waals surface area contributed by atoms with Gasteiger partial charge in [0.25, 0.3) is 0 Å². The Balaban J connectivity index is 1.70. The average Bonchev–Trinajstić information content (AvgIpc) is 3.15. The van der Waals surface area contributed by atoms with Crippen LogP contribution in [-0.2, 0) is 16.1 Å². The molecule has 3 rings (SSSR count). The SMILES string of the molecule is CC(C)C(C)N(CC(O)NCc1cccc(Cl)c1F)C(=O)CN1Nc2ccccc2C1C(N)=O. The molecule has 0 radical (unpaired) electrons. The van der Waals surface area contributed by atoms with E-state index in [4.69, 9.17) is 17.3 Å². The van der Waals surface area contributed by atoms with Crippen molar-refractivity contribution in [1.82, 2.24) is 15.2 Å². The molecule has 1 aliphatic heterocycles. The van der Waals surface area contributed by atoms with Crippen LogP contribution in [0.25, 0.3) is 0 Å². The number of nitrogens with one attached hydrogen (secondary N) is 2. The van der Waals surface area contributed by atoms with E-state index in [1.807, 2.05) is 32.9 Å². The van der Waals surface area contributed by atoms with Gasteiger partial charge in [0.2, 0.25) is 11.8 Å². The van der Waals surface area contributed by atoms with Gasteiger partial charge in [0.05, 0.1) is 23.8 Å². The molecule has 1 heterocycles. The van der Waals surface area contributed by atoms with Crippen molar-refractivity contribution in [2.24, 2.45) is 11.7 Å². The van der Waals surface area contributed by atoms with E-state index in [0.29, 0.717) is 16.8 Å². The summed E-state index contributed by atoms with van der Waals surface area (Å²) in [6.07, 6.45) is -1.11. The minimum Gasteiger partial charge on any atom is -0.377 e. The summed E-state index contributed by atoms with van der Waals surface area (Å²) in [4.78, 5) is 27.0. The zero-order chi connectivity index (χ0) is 25.0. The highest BCUT2D eigenvalue weighted by molar-refractivity contribution is 6.30. The molecule has 0 aliphatic carbocycles. The van der Waals surface area contributed by atoms with Crippen molar-refractivity contribution >= 4 is 29.1 Å². The molecule has 5 N–H and O–H groups in total. The number of anilines is 1. The Morgan fingerprint density at radius 1 is 1.24 bits per heavy atom. The van der Waals surface area contributed by atoms with Crippen molar-refractivity contribution in [2.45, 2.75) is 45.6 Å². The fourth-order valence-electron chi connectivity index (χ4n) is 3.92. The Labute approximate surface area is 203 Å². The smallest absolute Gasteiger partial charge is 0.241 e. The number of hydrogen-bond donors (Lipinski definition) is 4. The van der Waals surface area contributed by atoms with Gasteiger partial charge in [0, 0.05) is 23.7 Å². The van der Waals surface area contributed by atoms with E-state index >= 15 is 0 Å². The van der Waals surface area contributed by atoms with Gasteiger partial charge in [0.1, 0.15) is 18.1 Å². The van der Waals surface area contributed by atoms with E-state index in [1.165, 1.54) is 11.1 Å². The summed E-state index contributed by atoms with van der Waals surface area (Å²) in [7, 11) is 0. The van der Waals surface area contributed by atoms with Gasteiger partial charge < -0.3 is 21.2 Å². The molecule has 10 heteroatoms. The third-order valence-electron chi connectivity index (χ3n) is 6.11. The van der Waals surface area contributed by atoms with Crippen LogP contribution in [0.5, 0.6) is 0 Å². The van der Waals surface area contributed by atoms with Gasteiger partial charge in [-0.15, -0.1) is 0 Å². The van der Waals surface area contributed by atoms with Gasteiger partial charge in [-0.1, -0.05) is 55.8 Å². The molecule has 2 aromatic carbocycles. The monoisotopic (exact) mass is 491 g/mol. The first-order valence-corrected chi connectivity index (χ1v) is 11.5. The highest BCUT2D eigenvalue weighted by atomic mass is 35.5. The molecule has 34 heavy (non-hydrogen) atoms. The zero-order valence-electron chi connectivity index (χ0n) is 19.5. The van der Waals surface area contributed by atoms with E-state index in [2.05, 4.69) is 10.7 Å². The number of amides is 2. The summed E-state index contributed by atoms with van der Waals surface area (Å²) in [6.45, 7) is 5.73. The lowest BCUT2D eigenvalue weighted by Crippen LogP contribution is -2.52. The number of nitrogens with two attached hydrogens (primary N) is 1. The number of rotatable bonds is 10. The number of primary amides is 1. The molecule has 3 atom stereocenters. The minimum atomic E-state index is -1.11. The van der Waals surface area contributed by atoms with Gasteiger partial charge >= 0.3 is 0 Å². The van der Waals surface area contributed by atoms with Crippen molar-refractivity contribution in [3.63, 3.8) is 0 Å². The topological polar surface area (TPSA) is 111 Å². The molecule has 0 saturated carbocycles. The molecule has 0 bridgehead atoms. The number of aliphatic hydroxyl groups is 1. The molecule has 8 nitrogen and oxygen atoms in total. The third-order valence-corrected chi connectivity index (χ3v) is 6.40. The Hall–Kier alpha value is -2.72. The van der Waals surface area contributed by atoms with Crippen LogP contribution in [0, 0.1) is 11.7 Å². The summed E-state index contributed by atoms with van der Waals surface area (Å²) < 4.78 is 14.2. The first-order valence-electron chi connectivity index (χ1n) is 11.2. The van der Waals surface area contributed by atoms with E-state index in [9.17, 15) is 19.1 Å². The van der Waals surface area contributed by atoms with Crippen molar-refractivity contribution in [3.8, 4) is 0 Å². The van der Waals surface area contributed by atoms with Crippen LogP contribution in [0.3, 0.4) is 0 Å². The van der Waals surface area contributed by atoms with Gasteiger partial charge in [-0.05, 0) is 25.0 Å². The second kappa shape index (κ2) is 11.1. The van der Waals surface area contributed by atoms with Crippen molar-refractivity contribution in [3.05, 3.63) is 64.4 Å². The molecule has 0 saturated heterocycles.